The fourth-order valence-corrected chi connectivity index (χ4v) is 3.78. The van der Waals surface area contributed by atoms with Crippen molar-refractivity contribution >= 4 is 16.2 Å². The number of carbonyl (C=O) groups is 1. The molecule has 0 amide bonds. The molecule has 1 fully saturated rings. The third-order valence-electron chi connectivity index (χ3n) is 3.80. The minimum atomic E-state index is -3.70. The van der Waals surface area contributed by atoms with E-state index in [4.69, 9.17) is 5.11 Å². The number of rotatable bonds is 7. The highest BCUT2D eigenvalue weighted by molar-refractivity contribution is 7.87. The number of aliphatic carboxylic acids is 1. The quantitative estimate of drug-likeness (QED) is 0.795. The predicted octanol–water partition coefficient (Wildman–Crippen LogP) is 1.35. The van der Waals surface area contributed by atoms with E-state index in [2.05, 4.69) is 4.72 Å². The van der Waals surface area contributed by atoms with Crippen LogP contribution in [0, 0.1) is 0 Å². The van der Waals surface area contributed by atoms with Crippen LogP contribution in [0.4, 0.5) is 0 Å². The third kappa shape index (κ3) is 4.03. The van der Waals surface area contributed by atoms with Gasteiger partial charge in [0.25, 0.3) is 10.2 Å². The maximum absolute atomic E-state index is 12.3. The molecule has 2 N–H and O–H groups in total. The Morgan fingerprint density at radius 2 is 1.95 bits per heavy atom. The summed E-state index contributed by atoms with van der Waals surface area (Å²) in [4.78, 5) is 10.9. The van der Waals surface area contributed by atoms with Crippen LogP contribution in [0.5, 0.6) is 0 Å². The Bertz CT molecular complexity index is 597. The summed E-state index contributed by atoms with van der Waals surface area (Å²) in [6.45, 7) is 0.249. The van der Waals surface area contributed by atoms with Crippen molar-refractivity contribution in [3.8, 4) is 0 Å². The van der Waals surface area contributed by atoms with Crippen LogP contribution in [-0.4, -0.2) is 36.4 Å². The van der Waals surface area contributed by atoms with Crippen LogP contribution in [0.3, 0.4) is 0 Å². The van der Waals surface area contributed by atoms with Crippen molar-refractivity contribution in [3.63, 3.8) is 0 Å². The Morgan fingerprint density at radius 3 is 2.43 bits per heavy atom. The van der Waals surface area contributed by atoms with Crippen LogP contribution < -0.4 is 4.72 Å². The average molecular weight is 312 g/mol. The first-order valence-corrected chi connectivity index (χ1v) is 8.28. The van der Waals surface area contributed by atoms with E-state index in [0.717, 1.165) is 12.0 Å². The Kier molecular flexibility index (Phi) is 4.65. The largest absolute Gasteiger partial charge is 0.481 e. The molecule has 1 aromatic carbocycles. The highest BCUT2D eigenvalue weighted by atomic mass is 32.2. The second-order valence-corrected chi connectivity index (χ2v) is 7.33. The Balaban J connectivity index is 2.05. The maximum atomic E-state index is 12.3. The van der Waals surface area contributed by atoms with Crippen LogP contribution in [0.1, 0.15) is 31.2 Å². The number of benzene rings is 1. The standard InChI is InChI=1S/C14H20N2O4S/c1-16(11-12-6-3-2-4-7-12)21(19,20)15-14(8-5-9-14)10-13(17)18/h2-4,6-7,15H,5,8-11H2,1H3,(H,17,18). The fraction of sp³-hybridized carbons (Fsp3) is 0.500. The van der Waals surface area contributed by atoms with E-state index in [-0.39, 0.29) is 13.0 Å². The van der Waals surface area contributed by atoms with Gasteiger partial charge in [0.1, 0.15) is 0 Å². The van der Waals surface area contributed by atoms with Gasteiger partial charge in [-0.25, -0.2) is 0 Å². The van der Waals surface area contributed by atoms with Gasteiger partial charge in [0.15, 0.2) is 0 Å². The van der Waals surface area contributed by atoms with E-state index in [1.54, 1.807) is 0 Å². The first kappa shape index (κ1) is 15.9. The normalized spacial score (nSPS) is 17.4. The molecule has 2 rings (SSSR count). The monoisotopic (exact) mass is 312 g/mol. The minimum Gasteiger partial charge on any atom is -0.481 e. The average Bonchev–Trinajstić information content (AvgIpc) is 2.36. The fourth-order valence-electron chi connectivity index (χ4n) is 2.48. The number of hydrogen-bond donors (Lipinski definition) is 2. The first-order chi connectivity index (χ1) is 9.83. The van der Waals surface area contributed by atoms with Crippen molar-refractivity contribution in [1.82, 2.24) is 9.03 Å². The minimum absolute atomic E-state index is 0.175. The number of nitrogens with one attached hydrogen (secondary N) is 1. The smallest absolute Gasteiger partial charge is 0.305 e. The van der Waals surface area contributed by atoms with Gasteiger partial charge in [0.05, 0.1) is 6.42 Å². The van der Waals surface area contributed by atoms with Crippen LogP contribution in [-0.2, 0) is 21.5 Å². The van der Waals surface area contributed by atoms with E-state index < -0.39 is 21.7 Å². The van der Waals surface area contributed by atoms with Gasteiger partial charge in [-0.2, -0.15) is 17.4 Å². The first-order valence-electron chi connectivity index (χ1n) is 6.84. The lowest BCUT2D eigenvalue weighted by Crippen LogP contribution is -2.57. The van der Waals surface area contributed by atoms with E-state index in [9.17, 15) is 13.2 Å². The molecule has 7 heteroatoms. The van der Waals surface area contributed by atoms with E-state index in [1.165, 1.54) is 11.4 Å². The SMILES string of the molecule is CN(Cc1ccccc1)S(=O)(=O)NC1(CC(=O)O)CCC1. The van der Waals surface area contributed by atoms with Crippen LogP contribution in [0.15, 0.2) is 30.3 Å². The molecule has 1 aromatic rings. The molecule has 0 atom stereocenters. The highest BCUT2D eigenvalue weighted by Gasteiger charge is 2.43. The van der Waals surface area contributed by atoms with E-state index in [0.29, 0.717) is 12.8 Å². The summed E-state index contributed by atoms with van der Waals surface area (Å²) in [5.41, 5.74) is 0.0570. The molecular formula is C14H20N2O4S. The Morgan fingerprint density at radius 1 is 1.33 bits per heavy atom. The molecule has 1 aliphatic carbocycles. The summed E-state index contributed by atoms with van der Waals surface area (Å²) >= 11 is 0. The zero-order valence-corrected chi connectivity index (χ0v) is 12.8. The molecule has 1 aliphatic rings. The molecule has 116 valence electrons. The maximum Gasteiger partial charge on any atom is 0.305 e. The number of nitrogens with zero attached hydrogens (tertiary/aromatic N) is 1. The second-order valence-electron chi connectivity index (χ2n) is 5.55. The van der Waals surface area contributed by atoms with Gasteiger partial charge < -0.3 is 5.11 Å². The topological polar surface area (TPSA) is 86.7 Å². The van der Waals surface area contributed by atoms with Crippen molar-refractivity contribution in [1.29, 1.82) is 0 Å². The molecule has 21 heavy (non-hydrogen) atoms. The lowest BCUT2D eigenvalue weighted by Gasteiger charge is -2.41. The summed E-state index contributed by atoms with van der Waals surface area (Å²) in [5, 5.41) is 8.94. The Hall–Kier alpha value is -1.44. The zero-order chi connectivity index (χ0) is 15.5. The lowest BCUT2D eigenvalue weighted by molar-refractivity contribution is -0.139. The summed E-state index contributed by atoms with van der Waals surface area (Å²) in [7, 11) is -2.21. The molecule has 0 spiro atoms. The van der Waals surface area contributed by atoms with Crippen molar-refractivity contribution in [2.75, 3.05) is 7.05 Å². The molecular weight excluding hydrogens is 292 g/mol. The lowest BCUT2D eigenvalue weighted by atomic mass is 9.75. The number of hydrogen-bond acceptors (Lipinski definition) is 3. The van der Waals surface area contributed by atoms with Crippen molar-refractivity contribution in [3.05, 3.63) is 35.9 Å². The third-order valence-corrected chi connectivity index (χ3v) is 5.44. The highest BCUT2D eigenvalue weighted by Crippen LogP contribution is 2.35. The molecule has 0 heterocycles. The molecule has 1 saturated carbocycles. The Labute approximate surface area is 125 Å². The van der Waals surface area contributed by atoms with Gasteiger partial charge in [-0.3, -0.25) is 4.79 Å². The van der Waals surface area contributed by atoms with Crippen molar-refractivity contribution in [2.45, 2.75) is 37.8 Å². The van der Waals surface area contributed by atoms with Crippen molar-refractivity contribution < 1.29 is 18.3 Å². The molecule has 0 unspecified atom stereocenters. The van der Waals surface area contributed by atoms with Gasteiger partial charge in [0.2, 0.25) is 0 Å². The molecule has 0 aliphatic heterocycles. The van der Waals surface area contributed by atoms with Gasteiger partial charge in [-0.1, -0.05) is 30.3 Å². The molecule has 0 aromatic heterocycles. The van der Waals surface area contributed by atoms with Crippen LogP contribution in [0.2, 0.25) is 0 Å². The predicted molar refractivity (Wildman–Crippen MR) is 78.8 cm³/mol. The van der Waals surface area contributed by atoms with Gasteiger partial charge in [-0.05, 0) is 24.8 Å². The zero-order valence-electron chi connectivity index (χ0n) is 11.9. The van der Waals surface area contributed by atoms with Crippen LogP contribution in [0.25, 0.3) is 0 Å². The van der Waals surface area contributed by atoms with E-state index >= 15 is 0 Å². The molecule has 0 saturated heterocycles. The molecule has 0 bridgehead atoms. The van der Waals surface area contributed by atoms with Gasteiger partial charge >= 0.3 is 5.97 Å². The summed E-state index contributed by atoms with van der Waals surface area (Å²) < 4.78 is 28.5. The summed E-state index contributed by atoms with van der Waals surface area (Å²) in [6, 6.07) is 9.26. The second kappa shape index (κ2) is 6.13. The van der Waals surface area contributed by atoms with Crippen molar-refractivity contribution in [2.24, 2.45) is 0 Å². The molecule has 6 nitrogen and oxygen atoms in total. The van der Waals surface area contributed by atoms with Crippen LogP contribution >= 0.6 is 0 Å². The number of carboxylic acid groups (broad SMARTS) is 1. The summed E-state index contributed by atoms with van der Waals surface area (Å²) in [6.07, 6.45) is 1.80. The van der Waals surface area contributed by atoms with Gasteiger partial charge in [-0.15, -0.1) is 0 Å². The van der Waals surface area contributed by atoms with Gasteiger partial charge in [0, 0.05) is 19.1 Å². The number of carboxylic acids is 1. The molecule has 0 radical (unpaired) electrons. The summed E-state index contributed by atoms with van der Waals surface area (Å²) in [5.74, 6) is -0.983. The van der Waals surface area contributed by atoms with E-state index in [1.807, 2.05) is 30.3 Å².